The number of ether oxygens (including phenoxy) is 1. The molecule has 1 N–H and O–H groups in total. The fourth-order valence-corrected chi connectivity index (χ4v) is 1.63. The number of halogens is 1. The molecule has 1 rings (SSSR count). The Labute approximate surface area is 107 Å². The molecule has 0 amide bonds. The number of rotatable bonds is 4. The first-order valence-electron chi connectivity index (χ1n) is 5.55. The van der Waals surface area contributed by atoms with Gasteiger partial charge in [0.05, 0.1) is 4.47 Å². The van der Waals surface area contributed by atoms with E-state index in [1.165, 1.54) is 0 Å². The van der Waals surface area contributed by atoms with Crippen LogP contribution in [-0.2, 0) is 0 Å². The molecule has 0 heterocycles. The summed E-state index contributed by atoms with van der Waals surface area (Å²) >= 11 is 3.47. The van der Waals surface area contributed by atoms with Crippen LogP contribution in [0.4, 0.5) is 0 Å². The van der Waals surface area contributed by atoms with Gasteiger partial charge < -0.3 is 10.1 Å². The molecule has 1 aromatic rings. The fourth-order valence-electron chi connectivity index (χ4n) is 1.25. The first-order valence-corrected chi connectivity index (χ1v) is 6.34. The average molecular weight is 286 g/mol. The fraction of sp³-hybridized carbons (Fsp3) is 0.538. The van der Waals surface area contributed by atoms with Gasteiger partial charge in [-0.3, -0.25) is 0 Å². The lowest BCUT2D eigenvalue weighted by Gasteiger charge is -2.24. The molecule has 3 heteroatoms. The molecule has 2 nitrogen and oxygen atoms in total. The normalized spacial score (nSPS) is 13.6. The van der Waals surface area contributed by atoms with E-state index in [1.807, 2.05) is 24.3 Å². The van der Waals surface area contributed by atoms with Gasteiger partial charge in [0.25, 0.3) is 0 Å². The van der Waals surface area contributed by atoms with E-state index in [0.29, 0.717) is 0 Å². The summed E-state index contributed by atoms with van der Waals surface area (Å²) in [6, 6.07) is 7.91. The number of hydrogen-bond donors (Lipinski definition) is 1. The van der Waals surface area contributed by atoms with E-state index in [4.69, 9.17) is 4.74 Å². The van der Waals surface area contributed by atoms with E-state index in [9.17, 15) is 0 Å². The minimum Gasteiger partial charge on any atom is -0.488 e. The largest absolute Gasteiger partial charge is 0.488 e. The van der Waals surface area contributed by atoms with Crippen LogP contribution in [-0.4, -0.2) is 18.2 Å². The Bertz CT molecular complexity index is 333. The highest BCUT2D eigenvalue weighted by molar-refractivity contribution is 9.10. The summed E-state index contributed by atoms with van der Waals surface area (Å²) in [7, 11) is 0. The van der Waals surface area contributed by atoms with Gasteiger partial charge >= 0.3 is 0 Å². The predicted octanol–water partition coefficient (Wildman–Crippen LogP) is 3.60. The van der Waals surface area contributed by atoms with Gasteiger partial charge in [-0.25, -0.2) is 0 Å². The SMILES string of the molecule is CC(CNC(C)(C)C)Oc1ccccc1Br. The van der Waals surface area contributed by atoms with Gasteiger partial charge in [-0.1, -0.05) is 12.1 Å². The van der Waals surface area contributed by atoms with E-state index in [-0.39, 0.29) is 11.6 Å². The van der Waals surface area contributed by atoms with E-state index >= 15 is 0 Å². The van der Waals surface area contributed by atoms with Crippen molar-refractivity contribution < 1.29 is 4.74 Å². The topological polar surface area (TPSA) is 21.3 Å². The monoisotopic (exact) mass is 285 g/mol. The van der Waals surface area contributed by atoms with Gasteiger partial charge in [-0.05, 0) is 55.8 Å². The predicted molar refractivity (Wildman–Crippen MR) is 72.0 cm³/mol. The van der Waals surface area contributed by atoms with Crippen LogP contribution in [0, 0.1) is 0 Å². The van der Waals surface area contributed by atoms with Gasteiger partial charge in [0, 0.05) is 12.1 Å². The summed E-state index contributed by atoms with van der Waals surface area (Å²) in [6.45, 7) is 9.36. The number of benzene rings is 1. The number of para-hydroxylation sites is 1. The summed E-state index contributed by atoms with van der Waals surface area (Å²) in [5, 5.41) is 3.42. The van der Waals surface area contributed by atoms with Crippen LogP contribution >= 0.6 is 15.9 Å². The summed E-state index contributed by atoms with van der Waals surface area (Å²) in [4.78, 5) is 0. The van der Waals surface area contributed by atoms with Gasteiger partial charge in [0.15, 0.2) is 0 Å². The quantitative estimate of drug-likeness (QED) is 0.913. The first kappa shape index (κ1) is 13.5. The Hall–Kier alpha value is -0.540. The molecule has 0 aliphatic rings. The number of nitrogens with one attached hydrogen (secondary N) is 1. The molecule has 0 radical (unpaired) electrons. The second kappa shape index (κ2) is 5.69. The van der Waals surface area contributed by atoms with Crippen molar-refractivity contribution in [2.45, 2.75) is 39.3 Å². The highest BCUT2D eigenvalue weighted by Crippen LogP contribution is 2.24. The van der Waals surface area contributed by atoms with Gasteiger partial charge in [0.1, 0.15) is 11.9 Å². The van der Waals surface area contributed by atoms with Crippen LogP contribution in [0.1, 0.15) is 27.7 Å². The lowest BCUT2D eigenvalue weighted by atomic mass is 10.1. The van der Waals surface area contributed by atoms with Gasteiger partial charge in [-0.2, -0.15) is 0 Å². The Morgan fingerprint density at radius 1 is 1.31 bits per heavy atom. The smallest absolute Gasteiger partial charge is 0.133 e. The molecule has 0 saturated carbocycles. The molecule has 0 aromatic heterocycles. The zero-order valence-electron chi connectivity index (χ0n) is 10.4. The van der Waals surface area contributed by atoms with E-state index in [2.05, 4.69) is 48.9 Å². The third-order valence-electron chi connectivity index (χ3n) is 2.08. The van der Waals surface area contributed by atoms with Crippen LogP contribution in [0.25, 0.3) is 0 Å². The lowest BCUT2D eigenvalue weighted by molar-refractivity contribution is 0.202. The highest BCUT2D eigenvalue weighted by atomic mass is 79.9. The van der Waals surface area contributed by atoms with Crippen LogP contribution in [0.2, 0.25) is 0 Å². The van der Waals surface area contributed by atoms with Crippen molar-refractivity contribution in [3.05, 3.63) is 28.7 Å². The molecule has 90 valence electrons. The van der Waals surface area contributed by atoms with Crippen molar-refractivity contribution in [3.63, 3.8) is 0 Å². The van der Waals surface area contributed by atoms with Crippen molar-refractivity contribution in [2.24, 2.45) is 0 Å². The van der Waals surface area contributed by atoms with E-state index in [0.717, 1.165) is 16.8 Å². The standard InChI is InChI=1S/C13H20BrNO/c1-10(9-15-13(2,3)4)16-12-8-6-5-7-11(12)14/h5-8,10,15H,9H2,1-4H3. The molecular weight excluding hydrogens is 266 g/mol. The molecule has 1 unspecified atom stereocenters. The van der Waals surface area contributed by atoms with Crippen LogP contribution in [0.15, 0.2) is 28.7 Å². The maximum absolute atomic E-state index is 5.83. The average Bonchev–Trinajstić information content (AvgIpc) is 2.18. The minimum absolute atomic E-state index is 0.130. The molecule has 0 saturated heterocycles. The molecule has 0 aliphatic carbocycles. The summed E-state index contributed by atoms with van der Waals surface area (Å²) < 4.78 is 6.83. The first-order chi connectivity index (χ1) is 7.38. The maximum Gasteiger partial charge on any atom is 0.133 e. The number of hydrogen-bond acceptors (Lipinski definition) is 2. The molecule has 0 aliphatic heterocycles. The van der Waals surface area contributed by atoms with E-state index < -0.39 is 0 Å². The maximum atomic E-state index is 5.83. The molecular formula is C13H20BrNO. The zero-order chi connectivity index (χ0) is 12.2. The van der Waals surface area contributed by atoms with Crippen molar-refractivity contribution in [2.75, 3.05) is 6.54 Å². The lowest BCUT2D eigenvalue weighted by Crippen LogP contribution is -2.41. The second-order valence-corrected chi connectivity index (χ2v) is 5.84. The second-order valence-electron chi connectivity index (χ2n) is 4.99. The van der Waals surface area contributed by atoms with Crippen LogP contribution < -0.4 is 10.1 Å². The highest BCUT2D eigenvalue weighted by Gasteiger charge is 2.12. The third kappa shape index (κ3) is 4.99. The molecule has 16 heavy (non-hydrogen) atoms. The Balaban J connectivity index is 2.46. The molecule has 0 bridgehead atoms. The van der Waals surface area contributed by atoms with E-state index in [1.54, 1.807) is 0 Å². The third-order valence-corrected chi connectivity index (χ3v) is 2.74. The summed E-state index contributed by atoms with van der Waals surface area (Å²) in [6.07, 6.45) is 0.151. The molecule has 0 spiro atoms. The summed E-state index contributed by atoms with van der Waals surface area (Å²) in [5.41, 5.74) is 0.130. The molecule has 1 aromatic carbocycles. The molecule has 1 atom stereocenters. The van der Waals surface area contributed by atoms with Crippen LogP contribution in [0.3, 0.4) is 0 Å². The van der Waals surface area contributed by atoms with Crippen molar-refractivity contribution in [3.8, 4) is 5.75 Å². The summed E-state index contributed by atoms with van der Waals surface area (Å²) in [5.74, 6) is 0.894. The Morgan fingerprint density at radius 2 is 1.94 bits per heavy atom. The van der Waals surface area contributed by atoms with Crippen molar-refractivity contribution in [1.82, 2.24) is 5.32 Å². The zero-order valence-corrected chi connectivity index (χ0v) is 12.0. The van der Waals surface area contributed by atoms with Crippen LogP contribution in [0.5, 0.6) is 5.75 Å². The van der Waals surface area contributed by atoms with Gasteiger partial charge in [0.2, 0.25) is 0 Å². The van der Waals surface area contributed by atoms with Crippen molar-refractivity contribution >= 4 is 15.9 Å². The Morgan fingerprint density at radius 3 is 2.50 bits per heavy atom. The Kier molecular flexibility index (Phi) is 4.81. The van der Waals surface area contributed by atoms with Gasteiger partial charge in [-0.15, -0.1) is 0 Å². The minimum atomic E-state index is 0.130. The molecule has 0 fully saturated rings. The van der Waals surface area contributed by atoms with Crippen molar-refractivity contribution in [1.29, 1.82) is 0 Å².